The van der Waals surface area contributed by atoms with E-state index in [0.717, 1.165) is 11.3 Å². The predicted molar refractivity (Wildman–Crippen MR) is 76.3 cm³/mol. The Morgan fingerprint density at radius 1 is 1.50 bits per heavy atom. The number of aliphatic hydroxyl groups is 1. The molecule has 0 radical (unpaired) electrons. The molecule has 0 spiro atoms. The van der Waals surface area contributed by atoms with E-state index in [2.05, 4.69) is 9.46 Å². The van der Waals surface area contributed by atoms with Crippen molar-refractivity contribution in [3.05, 3.63) is 16.3 Å². The molecule has 1 unspecified atom stereocenters. The van der Waals surface area contributed by atoms with Crippen molar-refractivity contribution in [1.82, 2.24) is 4.72 Å². The lowest BCUT2D eigenvalue weighted by molar-refractivity contribution is 0.0602. The van der Waals surface area contributed by atoms with Crippen LogP contribution in [0.5, 0.6) is 0 Å². The molecule has 0 saturated heterocycles. The Morgan fingerprint density at radius 2 is 2.15 bits per heavy atom. The third kappa shape index (κ3) is 4.27. The van der Waals surface area contributed by atoms with Gasteiger partial charge in [0.2, 0.25) is 10.0 Å². The van der Waals surface area contributed by atoms with Gasteiger partial charge in [-0.2, -0.15) is 0 Å². The van der Waals surface area contributed by atoms with Crippen molar-refractivity contribution >= 4 is 27.3 Å². The first-order valence-electron chi connectivity index (χ1n) is 6.10. The molecule has 0 aliphatic heterocycles. The van der Waals surface area contributed by atoms with Crippen molar-refractivity contribution in [3.63, 3.8) is 0 Å². The van der Waals surface area contributed by atoms with Gasteiger partial charge in [0.15, 0.2) is 0 Å². The number of nitrogens with one attached hydrogen (secondary N) is 1. The Hall–Kier alpha value is -0.960. The highest BCUT2D eigenvalue weighted by molar-refractivity contribution is 7.89. The van der Waals surface area contributed by atoms with Gasteiger partial charge in [-0.3, -0.25) is 0 Å². The lowest BCUT2D eigenvalue weighted by Crippen LogP contribution is -2.38. The molecule has 20 heavy (non-hydrogen) atoms. The number of carbonyl (C=O) groups excluding carboxylic acids is 1. The smallest absolute Gasteiger partial charge is 0.349 e. The van der Waals surface area contributed by atoms with Crippen molar-refractivity contribution in [1.29, 1.82) is 0 Å². The molecule has 6 nitrogen and oxygen atoms in total. The molecule has 0 aromatic carbocycles. The zero-order chi connectivity index (χ0) is 15.3. The minimum Gasteiger partial charge on any atom is -0.465 e. The Labute approximate surface area is 122 Å². The summed E-state index contributed by atoms with van der Waals surface area (Å²) in [4.78, 5) is 11.4. The summed E-state index contributed by atoms with van der Waals surface area (Å²) in [7, 11) is -2.66. The van der Waals surface area contributed by atoms with Crippen molar-refractivity contribution in [2.75, 3.05) is 13.7 Å². The number of carbonyl (C=O) groups is 1. The van der Waals surface area contributed by atoms with Crippen LogP contribution in [0.4, 0.5) is 0 Å². The van der Waals surface area contributed by atoms with Crippen LogP contribution in [0.1, 0.15) is 29.9 Å². The molecule has 0 fully saturated rings. The summed E-state index contributed by atoms with van der Waals surface area (Å²) in [6.45, 7) is 3.57. The SMILES string of the molecule is COC(=O)c1sccc1S(=O)(=O)NC(CO)CC(C)C. The zero-order valence-electron chi connectivity index (χ0n) is 11.6. The monoisotopic (exact) mass is 321 g/mol. The minimum atomic E-state index is -3.86. The number of thiophene rings is 1. The first-order valence-corrected chi connectivity index (χ1v) is 8.47. The highest BCUT2D eigenvalue weighted by Gasteiger charge is 2.27. The van der Waals surface area contributed by atoms with Crippen molar-refractivity contribution < 1.29 is 23.1 Å². The molecule has 0 saturated carbocycles. The first-order chi connectivity index (χ1) is 9.31. The molecule has 1 heterocycles. The summed E-state index contributed by atoms with van der Waals surface area (Å²) in [6.07, 6.45) is 0.507. The Balaban J connectivity index is 2.99. The van der Waals surface area contributed by atoms with Gasteiger partial charge in [0.1, 0.15) is 9.77 Å². The Morgan fingerprint density at radius 3 is 2.65 bits per heavy atom. The standard InChI is InChI=1S/C12H19NO5S2/c1-8(2)6-9(7-14)13-20(16,17)10-4-5-19-11(10)12(15)18-3/h4-5,8-9,13-14H,6-7H2,1-3H3. The van der Waals surface area contributed by atoms with Gasteiger partial charge in [0, 0.05) is 6.04 Å². The fourth-order valence-corrected chi connectivity index (χ4v) is 4.34. The quantitative estimate of drug-likeness (QED) is 0.737. The molecule has 0 amide bonds. The van der Waals surface area contributed by atoms with E-state index in [0.29, 0.717) is 6.42 Å². The highest BCUT2D eigenvalue weighted by atomic mass is 32.2. The molecule has 0 aliphatic carbocycles. The van der Waals surface area contributed by atoms with E-state index in [4.69, 9.17) is 0 Å². The van der Waals surface area contributed by atoms with Crippen LogP contribution >= 0.6 is 11.3 Å². The van der Waals surface area contributed by atoms with Crippen LogP contribution in [0.3, 0.4) is 0 Å². The first kappa shape index (κ1) is 17.1. The van der Waals surface area contributed by atoms with E-state index in [-0.39, 0.29) is 22.3 Å². The number of methoxy groups -OCH3 is 1. The predicted octanol–water partition coefficient (Wildman–Crippen LogP) is 1.22. The number of ether oxygens (including phenoxy) is 1. The summed E-state index contributed by atoms with van der Waals surface area (Å²) < 4.78 is 31.5. The molecule has 2 N–H and O–H groups in total. The molecule has 114 valence electrons. The molecule has 8 heteroatoms. The van der Waals surface area contributed by atoms with E-state index in [1.807, 2.05) is 13.8 Å². The second-order valence-electron chi connectivity index (χ2n) is 4.74. The fourth-order valence-electron chi connectivity index (χ4n) is 1.76. The summed E-state index contributed by atoms with van der Waals surface area (Å²) in [5, 5.41) is 10.8. The summed E-state index contributed by atoms with van der Waals surface area (Å²) >= 11 is 1.00. The normalized spacial score (nSPS) is 13.4. The molecular weight excluding hydrogens is 302 g/mol. The van der Waals surface area contributed by atoms with Crippen molar-refractivity contribution in [2.45, 2.75) is 31.2 Å². The van der Waals surface area contributed by atoms with Gasteiger partial charge in [0.05, 0.1) is 13.7 Å². The maximum atomic E-state index is 12.3. The molecule has 1 rings (SSSR count). The van der Waals surface area contributed by atoms with E-state index >= 15 is 0 Å². The van der Waals surface area contributed by atoms with Crippen LogP contribution < -0.4 is 4.72 Å². The average molecular weight is 321 g/mol. The van der Waals surface area contributed by atoms with Crippen LogP contribution in [0.15, 0.2) is 16.3 Å². The van der Waals surface area contributed by atoms with Gasteiger partial charge >= 0.3 is 5.97 Å². The summed E-state index contributed by atoms with van der Waals surface area (Å²) in [6, 6.07) is 0.772. The number of sulfonamides is 1. The number of esters is 1. The van der Waals surface area contributed by atoms with Crippen molar-refractivity contribution in [2.24, 2.45) is 5.92 Å². The van der Waals surface area contributed by atoms with Crippen LogP contribution in [0.2, 0.25) is 0 Å². The van der Waals surface area contributed by atoms with Crippen LogP contribution in [0.25, 0.3) is 0 Å². The Bertz CT molecular complexity index is 550. The van der Waals surface area contributed by atoms with E-state index in [1.54, 1.807) is 0 Å². The van der Waals surface area contributed by atoms with Gasteiger partial charge in [-0.25, -0.2) is 17.9 Å². The minimum absolute atomic E-state index is 0.0289. The number of rotatable bonds is 7. The van der Waals surface area contributed by atoms with E-state index < -0.39 is 22.0 Å². The summed E-state index contributed by atoms with van der Waals surface area (Å²) in [5.74, 6) is -0.456. The van der Waals surface area contributed by atoms with Gasteiger partial charge in [-0.05, 0) is 23.8 Å². The third-order valence-corrected chi connectivity index (χ3v) is 5.17. The lowest BCUT2D eigenvalue weighted by atomic mass is 10.1. The van der Waals surface area contributed by atoms with Crippen molar-refractivity contribution in [3.8, 4) is 0 Å². The van der Waals surface area contributed by atoms with Crippen LogP contribution in [-0.4, -0.2) is 39.3 Å². The molecular formula is C12H19NO5S2. The molecule has 1 aromatic heterocycles. The largest absolute Gasteiger partial charge is 0.465 e. The van der Waals surface area contributed by atoms with E-state index in [9.17, 15) is 18.3 Å². The average Bonchev–Trinajstić information content (AvgIpc) is 2.86. The summed E-state index contributed by atoms with van der Waals surface area (Å²) in [5.41, 5.74) is 0. The third-order valence-electron chi connectivity index (χ3n) is 2.59. The molecule has 0 bridgehead atoms. The number of aliphatic hydroxyl groups excluding tert-OH is 1. The maximum Gasteiger partial charge on any atom is 0.349 e. The fraction of sp³-hybridized carbons (Fsp3) is 0.583. The zero-order valence-corrected chi connectivity index (χ0v) is 13.3. The molecule has 1 aromatic rings. The second kappa shape index (κ2) is 7.16. The van der Waals surface area contributed by atoms with E-state index in [1.165, 1.54) is 18.6 Å². The number of hydrogen-bond donors (Lipinski definition) is 2. The second-order valence-corrected chi connectivity index (χ2v) is 7.33. The van der Waals surface area contributed by atoms with Gasteiger partial charge in [-0.1, -0.05) is 13.8 Å². The molecule has 1 atom stereocenters. The number of hydrogen-bond acceptors (Lipinski definition) is 6. The topological polar surface area (TPSA) is 92.7 Å². The van der Waals surface area contributed by atoms with Gasteiger partial charge < -0.3 is 9.84 Å². The van der Waals surface area contributed by atoms with Crippen LogP contribution in [-0.2, 0) is 14.8 Å². The highest BCUT2D eigenvalue weighted by Crippen LogP contribution is 2.23. The lowest BCUT2D eigenvalue weighted by Gasteiger charge is -2.18. The molecule has 0 aliphatic rings. The maximum absolute atomic E-state index is 12.3. The van der Waals surface area contributed by atoms with Gasteiger partial charge in [0.25, 0.3) is 0 Å². The Kier molecular flexibility index (Phi) is 6.12. The van der Waals surface area contributed by atoms with Gasteiger partial charge in [-0.15, -0.1) is 11.3 Å². The van der Waals surface area contributed by atoms with Crippen LogP contribution in [0, 0.1) is 5.92 Å².